The number of amides is 1. The molecule has 1 amide bonds. The lowest BCUT2D eigenvalue weighted by molar-refractivity contribution is 0.103. The number of hydrogen-bond acceptors (Lipinski definition) is 3. The van der Waals surface area contributed by atoms with Gasteiger partial charge in [0.25, 0.3) is 5.91 Å². The molecule has 0 unspecified atom stereocenters. The first-order valence-corrected chi connectivity index (χ1v) is 7.04. The Morgan fingerprint density at radius 3 is 2.83 bits per heavy atom. The Balaban J connectivity index is 2.24. The van der Waals surface area contributed by atoms with Crippen LogP contribution in [0.25, 0.3) is 0 Å². The fourth-order valence-electron chi connectivity index (χ4n) is 1.36. The summed E-state index contributed by atoms with van der Waals surface area (Å²) in [6, 6.07) is 6.92. The lowest BCUT2D eigenvalue weighted by Crippen LogP contribution is -2.11. The van der Waals surface area contributed by atoms with Gasteiger partial charge < -0.3 is 10.1 Å². The van der Waals surface area contributed by atoms with Crippen LogP contribution in [0, 0.1) is 0 Å². The molecule has 0 radical (unpaired) electrons. The standard InChI is InChI=1S/C12H9BrClNO2S/c1-17-7-2-3-9(14)10(6-7)15-12(16)11-8(13)4-5-18-11/h2-6H,1H3,(H,15,16). The van der Waals surface area contributed by atoms with Gasteiger partial charge in [0, 0.05) is 10.5 Å². The average molecular weight is 347 g/mol. The summed E-state index contributed by atoms with van der Waals surface area (Å²) in [6.07, 6.45) is 0. The zero-order chi connectivity index (χ0) is 13.1. The Labute approximate surface area is 122 Å². The van der Waals surface area contributed by atoms with Crippen LogP contribution in [0.4, 0.5) is 5.69 Å². The van der Waals surface area contributed by atoms with Gasteiger partial charge in [-0.25, -0.2) is 0 Å². The Hall–Kier alpha value is -1.04. The van der Waals surface area contributed by atoms with Gasteiger partial charge in [0.05, 0.1) is 17.8 Å². The van der Waals surface area contributed by atoms with Crippen molar-refractivity contribution in [2.75, 3.05) is 12.4 Å². The van der Waals surface area contributed by atoms with Gasteiger partial charge in [-0.2, -0.15) is 0 Å². The molecule has 0 spiro atoms. The summed E-state index contributed by atoms with van der Waals surface area (Å²) in [5.41, 5.74) is 0.529. The second-order valence-corrected chi connectivity index (χ2v) is 5.58. The molecule has 0 aliphatic heterocycles. The fourth-order valence-corrected chi connectivity index (χ4v) is 2.97. The fraction of sp³-hybridized carbons (Fsp3) is 0.0833. The van der Waals surface area contributed by atoms with Crippen LogP contribution in [0.3, 0.4) is 0 Å². The summed E-state index contributed by atoms with van der Waals surface area (Å²) in [7, 11) is 1.56. The van der Waals surface area contributed by atoms with Crippen LogP contribution in [0.1, 0.15) is 9.67 Å². The monoisotopic (exact) mass is 345 g/mol. The minimum Gasteiger partial charge on any atom is -0.497 e. The molecule has 94 valence electrons. The highest BCUT2D eigenvalue weighted by atomic mass is 79.9. The number of anilines is 1. The molecule has 0 atom stereocenters. The number of halogens is 2. The number of ether oxygens (including phenoxy) is 1. The van der Waals surface area contributed by atoms with Crippen molar-refractivity contribution in [1.29, 1.82) is 0 Å². The predicted octanol–water partition coefficient (Wildman–Crippen LogP) is 4.42. The smallest absolute Gasteiger partial charge is 0.266 e. The minimum absolute atomic E-state index is 0.202. The van der Waals surface area contributed by atoms with Gasteiger partial charge in [-0.1, -0.05) is 11.6 Å². The Morgan fingerprint density at radius 1 is 1.44 bits per heavy atom. The number of benzene rings is 1. The van der Waals surface area contributed by atoms with Crippen molar-refractivity contribution >= 4 is 50.5 Å². The van der Waals surface area contributed by atoms with E-state index in [0.29, 0.717) is 21.3 Å². The van der Waals surface area contributed by atoms with Crippen LogP contribution in [-0.2, 0) is 0 Å². The molecule has 0 aliphatic carbocycles. The Morgan fingerprint density at radius 2 is 2.22 bits per heavy atom. The maximum Gasteiger partial charge on any atom is 0.266 e. The van der Waals surface area contributed by atoms with Gasteiger partial charge in [-0.05, 0) is 39.5 Å². The molecule has 0 bridgehead atoms. The summed E-state index contributed by atoms with van der Waals surface area (Å²) in [5.74, 6) is 0.437. The van der Waals surface area contributed by atoms with E-state index < -0.39 is 0 Å². The third-order valence-corrected chi connectivity index (χ3v) is 4.41. The summed E-state index contributed by atoms with van der Waals surface area (Å²) >= 11 is 10.7. The highest BCUT2D eigenvalue weighted by Crippen LogP contribution is 2.29. The summed E-state index contributed by atoms with van der Waals surface area (Å²) in [5, 5.41) is 5.07. The van der Waals surface area contributed by atoms with Gasteiger partial charge in [0.1, 0.15) is 10.6 Å². The number of thiophene rings is 1. The molecule has 1 aromatic carbocycles. The highest BCUT2D eigenvalue weighted by molar-refractivity contribution is 9.10. The van der Waals surface area contributed by atoms with Crippen LogP contribution in [0.2, 0.25) is 5.02 Å². The molecule has 2 rings (SSSR count). The second-order valence-electron chi connectivity index (χ2n) is 3.40. The number of nitrogens with one attached hydrogen (secondary N) is 1. The maximum absolute atomic E-state index is 12.0. The van der Waals surface area contributed by atoms with E-state index in [1.807, 2.05) is 11.4 Å². The van der Waals surface area contributed by atoms with E-state index in [1.54, 1.807) is 25.3 Å². The molecule has 6 heteroatoms. The largest absolute Gasteiger partial charge is 0.497 e. The normalized spacial score (nSPS) is 10.2. The van der Waals surface area contributed by atoms with Crippen molar-refractivity contribution < 1.29 is 9.53 Å². The van der Waals surface area contributed by atoms with Crippen LogP contribution >= 0.6 is 38.9 Å². The first-order valence-electron chi connectivity index (χ1n) is 4.99. The Bertz CT molecular complexity index is 585. The third kappa shape index (κ3) is 2.85. The molecule has 0 fully saturated rings. The van der Waals surface area contributed by atoms with Crippen LogP contribution < -0.4 is 10.1 Å². The lowest BCUT2D eigenvalue weighted by Gasteiger charge is -2.08. The van der Waals surface area contributed by atoms with Gasteiger partial charge in [0.15, 0.2) is 0 Å². The van der Waals surface area contributed by atoms with E-state index in [9.17, 15) is 4.79 Å². The molecule has 1 heterocycles. The molecule has 1 aromatic heterocycles. The number of carbonyl (C=O) groups excluding carboxylic acids is 1. The molecular formula is C12H9BrClNO2S. The topological polar surface area (TPSA) is 38.3 Å². The van der Waals surface area contributed by atoms with Crippen molar-refractivity contribution in [3.8, 4) is 5.75 Å². The van der Waals surface area contributed by atoms with E-state index in [2.05, 4.69) is 21.2 Å². The number of methoxy groups -OCH3 is 1. The molecule has 0 saturated carbocycles. The zero-order valence-electron chi connectivity index (χ0n) is 9.37. The predicted molar refractivity (Wildman–Crippen MR) is 78.0 cm³/mol. The summed E-state index contributed by atoms with van der Waals surface area (Å²) in [4.78, 5) is 12.6. The van der Waals surface area contributed by atoms with Gasteiger partial charge in [-0.3, -0.25) is 4.79 Å². The van der Waals surface area contributed by atoms with E-state index in [1.165, 1.54) is 11.3 Å². The van der Waals surface area contributed by atoms with Crippen LogP contribution in [0.15, 0.2) is 34.1 Å². The van der Waals surface area contributed by atoms with Gasteiger partial charge in [-0.15, -0.1) is 11.3 Å². The lowest BCUT2D eigenvalue weighted by atomic mass is 10.3. The number of carbonyl (C=O) groups is 1. The van der Waals surface area contributed by atoms with E-state index >= 15 is 0 Å². The van der Waals surface area contributed by atoms with Crippen LogP contribution in [0.5, 0.6) is 5.75 Å². The van der Waals surface area contributed by atoms with Crippen molar-refractivity contribution in [3.63, 3.8) is 0 Å². The van der Waals surface area contributed by atoms with E-state index in [-0.39, 0.29) is 5.91 Å². The van der Waals surface area contributed by atoms with Gasteiger partial charge >= 0.3 is 0 Å². The maximum atomic E-state index is 12.0. The van der Waals surface area contributed by atoms with Crippen molar-refractivity contribution in [2.45, 2.75) is 0 Å². The molecule has 3 nitrogen and oxygen atoms in total. The van der Waals surface area contributed by atoms with Crippen LogP contribution in [-0.4, -0.2) is 13.0 Å². The minimum atomic E-state index is -0.202. The summed E-state index contributed by atoms with van der Waals surface area (Å²) in [6.45, 7) is 0. The molecule has 2 aromatic rings. The zero-order valence-corrected chi connectivity index (χ0v) is 12.5. The SMILES string of the molecule is COc1ccc(Cl)c(NC(=O)c2sccc2Br)c1. The molecule has 1 N–H and O–H groups in total. The molecule has 18 heavy (non-hydrogen) atoms. The summed E-state index contributed by atoms with van der Waals surface area (Å²) < 4.78 is 5.86. The second kappa shape index (κ2) is 5.73. The number of hydrogen-bond donors (Lipinski definition) is 1. The highest BCUT2D eigenvalue weighted by Gasteiger charge is 2.13. The quantitative estimate of drug-likeness (QED) is 0.893. The third-order valence-electron chi connectivity index (χ3n) is 2.25. The molecule has 0 saturated heterocycles. The van der Waals surface area contributed by atoms with E-state index in [4.69, 9.17) is 16.3 Å². The van der Waals surface area contributed by atoms with Gasteiger partial charge in [0.2, 0.25) is 0 Å². The molecular weight excluding hydrogens is 338 g/mol. The molecule has 0 aliphatic rings. The average Bonchev–Trinajstić information content (AvgIpc) is 2.78. The first kappa shape index (κ1) is 13.4. The number of rotatable bonds is 3. The van der Waals surface area contributed by atoms with Crippen molar-refractivity contribution in [1.82, 2.24) is 0 Å². The van der Waals surface area contributed by atoms with E-state index in [0.717, 1.165) is 4.47 Å². The Kier molecular flexibility index (Phi) is 4.27. The van der Waals surface area contributed by atoms with Crippen molar-refractivity contribution in [3.05, 3.63) is 44.0 Å². The first-order chi connectivity index (χ1) is 8.61. The van der Waals surface area contributed by atoms with Crippen molar-refractivity contribution in [2.24, 2.45) is 0 Å².